The SMILES string of the molecule is CN(C)c1ccc(C=Nc2cccc3c(N=Cc4ccc(N(C)C)cc4)cccc23)cc1. The van der Waals surface area contributed by atoms with Crippen molar-refractivity contribution in [3.63, 3.8) is 0 Å². The monoisotopic (exact) mass is 420 g/mol. The quantitative estimate of drug-likeness (QED) is 0.335. The smallest absolute Gasteiger partial charge is 0.0709 e. The highest BCUT2D eigenvalue weighted by molar-refractivity contribution is 6.02. The minimum atomic E-state index is 0.937. The lowest BCUT2D eigenvalue weighted by molar-refractivity contribution is 1.13. The fourth-order valence-electron chi connectivity index (χ4n) is 3.51. The third-order valence-electron chi connectivity index (χ3n) is 5.40. The summed E-state index contributed by atoms with van der Waals surface area (Å²) in [5.74, 6) is 0. The van der Waals surface area contributed by atoms with Crippen LogP contribution in [0.4, 0.5) is 22.7 Å². The molecule has 4 aromatic carbocycles. The number of aliphatic imine (C=N–C) groups is 2. The zero-order valence-electron chi connectivity index (χ0n) is 19.0. The van der Waals surface area contributed by atoms with Gasteiger partial charge in [-0.3, -0.25) is 9.98 Å². The van der Waals surface area contributed by atoms with Crippen LogP contribution in [0.25, 0.3) is 10.8 Å². The molecule has 0 radical (unpaired) electrons. The van der Waals surface area contributed by atoms with Crippen molar-refractivity contribution in [2.75, 3.05) is 38.0 Å². The van der Waals surface area contributed by atoms with Crippen LogP contribution in [-0.4, -0.2) is 40.6 Å². The van der Waals surface area contributed by atoms with Crippen LogP contribution in [0.3, 0.4) is 0 Å². The van der Waals surface area contributed by atoms with Gasteiger partial charge in [-0.05, 0) is 47.5 Å². The Bertz CT molecular complexity index is 1150. The van der Waals surface area contributed by atoms with E-state index in [1.165, 1.54) is 11.4 Å². The van der Waals surface area contributed by atoms with E-state index >= 15 is 0 Å². The number of hydrogen-bond acceptors (Lipinski definition) is 4. The van der Waals surface area contributed by atoms with E-state index in [2.05, 4.69) is 70.5 Å². The molecule has 0 atom stereocenters. The molecule has 160 valence electrons. The molecule has 4 nitrogen and oxygen atoms in total. The summed E-state index contributed by atoms with van der Waals surface area (Å²) in [6.45, 7) is 0. The number of fused-ring (bicyclic) bond motifs is 1. The largest absolute Gasteiger partial charge is 0.378 e. The molecule has 0 fully saturated rings. The lowest BCUT2D eigenvalue weighted by atomic mass is 10.1. The van der Waals surface area contributed by atoms with Crippen molar-refractivity contribution < 1.29 is 0 Å². The molecule has 4 rings (SSSR count). The number of rotatable bonds is 6. The van der Waals surface area contributed by atoms with Crippen LogP contribution < -0.4 is 9.80 Å². The second-order valence-corrected chi connectivity index (χ2v) is 8.14. The molecule has 0 saturated heterocycles. The zero-order chi connectivity index (χ0) is 22.5. The van der Waals surface area contributed by atoms with Gasteiger partial charge in [0.05, 0.1) is 11.4 Å². The molecule has 0 aliphatic carbocycles. The fraction of sp³-hybridized carbons (Fsp3) is 0.143. The van der Waals surface area contributed by atoms with Gasteiger partial charge in [0.1, 0.15) is 0 Å². The van der Waals surface area contributed by atoms with E-state index in [0.717, 1.165) is 33.3 Å². The van der Waals surface area contributed by atoms with Crippen LogP contribution in [0.15, 0.2) is 94.9 Å². The van der Waals surface area contributed by atoms with Gasteiger partial charge < -0.3 is 9.80 Å². The van der Waals surface area contributed by atoms with Crippen molar-refractivity contribution in [3.8, 4) is 0 Å². The number of anilines is 2. The Morgan fingerprint density at radius 2 is 0.875 bits per heavy atom. The lowest BCUT2D eigenvalue weighted by Crippen LogP contribution is -2.08. The maximum Gasteiger partial charge on any atom is 0.0709 e. The van der Waals surface area contributed by atoms with Crippen LogP contribution >= 0.6 is 0 Å². The minimum absolute atomic E-state index is 0.937. The van der Waals surface area contributed by atoms with E-state index in [-0.39, 0.29) is 0 Å². The van der Waals surface area contributed by atoms with Gasteiger partial charge in [0.2, 0.25) is 0 Å². The Morgan fingerprint density at radius 1 is 0.500 bits per heavy atom. The summed E-state index contributed by atoms with van der Waals surface area (Å²) in [4.78, 5) is 13.7. The van der Waals surface area contributed by atoms with Crippen LogP contribution in [-0.2, 0) is 0 Å². The Morgan fingerprint density at radius 3 is 1.22 bits per heavy atom. The summed E-state index contributed by atoms with van der Waals surface area (Å²) in [7, 11) is 8.16. The Labute approximate surface area is 190 Å². The number of benzene rings is 4. The Hall–Kier alpha value is -3.92. The van der Waals surface area contributed by atoms with E-state index in [0.29, 0.717) is 0 Å². The van der Waals surface area contributed by atoms with E-state index in [9.17, 15) is 0 Å². The van der Waals surface area contributed by atoms with E-state index in [1.54, 1.807) is 0 Å². The summed E-state index contributed by atoms with van der Waals surface area (Å²) in [6, 6.07) is 29.1. The molecular weight excluding hydrogens is 392 g/mol. The third kappa shape index (κ3) is 4.86. The predicted molar refractivity (Wildman–Crippen MR) is 140 cm³/mol. The second-order valence-electron chi connectivity index (χ2n) is 8.14. The molecule has 0 aliphatic heterocycles. The van der Waals surface area contributed by atoms with Crippen molar-refractivity contribution in [1.29, 1.82) is 0 Å². The maximum atomic E-state index is 4.77. The van der Waals surface area contributed by atoms with E-state index in [4.69, 9.17) is 9.98 Å². The van der Waals surface area contributed by atoms with Crippen molar-refractivity contribution in [3.05, 3.63) is 96.1 Å². The summed E-state index contributed by atoms with van der Waals surface area (Å²) in [6.07, 6.45) is 3.83. The average molecular weight is 421 g/mol. The third-order valence-corrected chi connectivity index (χ3v) is 5.40. The maximum absolute atomic E-state index is 4.77. The van der Waals surface area contributed by atoms with Crippen molar-refractivity contribution in [2.24, 2.45) is 9.98 Å². The molecule has 0 bridgehead atoms. The topological polar surface area (TPSA) is 31.2 Å². The Kier molecular flexibility index (Phi) is 6.31. The lowest BCUT2D eigenvalue weighted by Gasteiger charge is -2.11. The van der Waals surface area contributed by atoms with Crippen LogP contribution in [0.1, 0.15) is 11.1 Å². The van der Waals surface area contributed by atoms with E-state index in [1.807, 2.05) is 64.9 Å². The summed E-state index contributed by atoms with van der Waals surface area (Å²) in [5, 5.41) is 2.18. The van der Waals surface area contributed by atoms with Crippen LogP contribution in [0, 0.1) is 0 Å². The summed E-state index contributed by atoms with van der Waals surface area (Å²) >= 11 is 0. The van der Waals surface area contributed by atoms with Crippen molar-refractivity contribution >= 4 is 46.0 Å². The fourth-order valence-corrected chi connectivity index (χ4v) is 3.51. The van der Waals surface area contributed by atoms with Gasteiger partial charge >= 0.3 is 0 Å². The molecule has 0 N–H and O–H groups in total. The van der Waals surface area contributed by atoms with Gasteiger partial charge in [0.25, 0.3) is 0 Å². The molecule has 32 heavy (non-hydrogen) atoms. The number of hydrogen-bond donors (Lipinski definition) is 0. The summed E-state index contributed by atoms with van der Waals surface area (Å²) in [5.41, 5.74) is 6.36. The zero-order valence-corrected chi connectivity index (χ0v) is 19.0. The number of nitrogens with zero attached hydrogens (tertiary/aromatic N) is 4. The molecule has 4 heteroatoms. The normalized spacial score (nSPS) is 11.5. The van der Waals surface area contributed by atoms with Crippen LogP contribution in [0.5, 0.6) is 0 Å². The molecule has 0 saturated carbocycles. The Balaban J connectivity index is 1.61. The minimum Gasteiger partial charge on any atom is -0.378 e. The van der Waals surface area contributed by atoms with Crippen LogP contribution in [0.2, 0.25) is 0 Å². The molecule has 0 spiro atoms. The molecule has 0 aromatic heterocycles. The highest BCUT2D eigenvalue weighted by Crippen LogP contribution is 2.32. The van der Waals surface area contributed by atoms with Gasteiger partial charge in [-0.1, -0.05) is 48.5 Å². The summed E-state index contributed by atoms with van der Waals surface area (Å²) < 4.78 is 0. The van der Waals surface area contributed by atoms with Gasteiger partial charge in [-0.15, -0.1) is 0 Å². The molecule has 4 aromatic rings. The molecule has 0 heterocycles. The highest BCUT2D eigenvalue weighted by atomic mass is 15.1. The molecule has 0 amide bonds. The van der Waals surface area contributed by atoms with Crippen molar-refractivity contribution in [1.82, 2.24) is 0 Å². The van der Waals surface area contributed by atoms with Gasteiger partial charge in [0, 0.05) is 62.8 Å². The first-order chi connectivity index (χ1) is 15.5. The first-order valence-electron chi connectivity index (χ1n) is 10.7. The second kappa shape index (κ2) is 9.48. The first-order valence-corrected chi connectivity index (χ1v) is 10.7. The first kappa shape index (κ1) is 21.3. The van der Waals surface area contributed by atoms with E-state index < -0.39 is 0 Å². The van der Waals surface area contributed by atoms with Crippen molar-refractivity contribution in [2.45, 2.75) is 0 Å². The highest BCUT2D eigenvalue weighted by Gasteiger charge is 2.04. The molecule has 0 unspecified atom stereocenters. The average Bonchev–Trinajstić information content (AvgIpc) is 2.81. The van der Waals surface area contributed by atoms with Gasteiger partial charge in [-0.2, -0.15) is 0 Å². The van der Waals surface area contributed by atoms with Gasteiger partial charge in [-0.25, -0.2) is 0 Å². The predicted octanol–water partition coefficient (Wildman–Crippen LogP) is 6.47. The van der Waals surface area contributed by atoms with Gasteiger partial charge in [0.15, 0.2) is 0 Å². The standard InChI is InChI=1S/C28H28N4/c1-31(2)23-15-11-21(12-16-23)19-29-27-9-5-8-26-25(27)7-6-10-28(26)30-20-22-13-17-24(18-14-22)32(3)4/h5-20H,1-4H3. The molecule has 0 aliphatic rings. The molecular formula is C28H28N4.